The van der Waals surface area contributed by atoms with E-state index < -0.39 is 0 Å². The van der Waals surface area contributed by atoms with E-state index in [-0.39, 0.29) is 11.9 Å². The normalized spacial score (nSPS) is 12.2. The van der Waals surface area contributed by atoms with Gasteiger partial charge in [-0.15, -0.1) is 0 Å². The Labute approximate surface area is 120 Å². The van der Waals surface area contributed by atoms with Crippen LogP contribution in [0.4, 0.5) is 0 Å². The second-order valence-electron chi connectivity index (χ2n) is 5.02. The van der Waals surface area contributed by atoms with Gasteiger partial charge in [0, 0.05) is 25.6 Å². The summed E-state index contributed by atoms with van der Waals surface area (Å²) in [7, 11) is 1.84. The number of amides is 1. The van der Waals surface area contributed by atoms with Crippen LogP contribution in [-0.2, 0) is 11.3 Å². The van der Waals surface area contributed by atoms with Crippen LogP contribution in [0.2, 0.25) is 0 Å². The molecule has 2 aromatic rings. The lowest BCUT2D eigenvalue weighted by molar-refractivity contribution is -0.134. The van der Waals surface area contributed by atoms with E-state index in [4.69, 9.17) is 0 Å². The molecule has 0 N–H and O–H groups in total. The minimum Gasteiger partial charge on any atom is -0.342 e. The van der Waals surface area contributed by atoms with Gasteiger partial charge in [-0.25, -0.2) is 0 Å². The Kier molecular flexibility index (Phi) is 4.56. The van der Waals surface area contributed by atoms with Crippen molar-refractivity contribution in [3.05, 3.63) is 54.1 Å². The minimum atomic E-state index is -0.140. The second-order valence-corrected chi connectivity index (χ2v) is 5.02. The SMILES string of the molecule is CC[C@H](C(=O)N(C)Cc1ncccc1C)n1cccc1. The molecule has 0 bridgehead atoms. The van der Waals surface area contributed by atoms with Crippen molar-refractivity contribution in [2.75, 3.05) is 7.05 Å². The van der Waals surface area contributed by atoms with E-state index in [1.807, 2.05) is 62.1 Å². The van der Waals surface area contributed by atoms with E-state index in [1.165, 1.54) is 0 Å². The van der Waals surface area contributed by atoms with Crippen LogP contribution in [-0.4, -0.2) is 27.4 Å². The molecule has 0 aliphatic heterocycles. The number of likely N-dealkylation sites (N-methyl/N-ethyl adjacent to an activating group) is 1. The molecule has 0 saturated heterocycles. The van der Waals surface area contributed by atoms with E-state index >= 15 is 0 Å². The third-order valence-electron chi connectivity index (χ3n) is 3.54. The van der Waals surface area contributed by atoms with Gasteiger partial charge in [0.05, 0.1) is 12.2 Å². The van der Waals surface area contributed by atoms with Crippen molar-refractivity contribution < 1.29 is 4.79 Å². The van der Waals surface area contributed by atoms with Crippen molar-refractivity contribution in [1.82, 2.24) is 14.5 Å². The molecular formula is C16H21N3O. The predicted octanol–water partition coefficient (Wildman–Crippen LogP) is 2.80. The maximum Gasteiger partial charge on any atom is 0.245 e. The van der Waals surface area contributed by atoms with Crippen molar-refractivity contribution in [2.24, 2.45) is 0 Å². The summed E-state index contributed by atoms with van der Waals surface area (Å²) in [6.07, 6.45) is 6.42. The Morgan fingerprint density at radius 3 is 2.65 bits per heavy atom. The Morgan fingerprint density at radius 1 is 1.35 bits per heavy atom. The molecule has 0 saturated carbocycles. The third kappa shape index (κ3) is 3.07. The first-order valence-electron chi connectivity index (χ1n) is 6.91. The fourth-order valence-corrected chi connectivity index (χ4v) is 2.31. The summed E-state index contributed by atoms with van der Waals surface area (Å²) in [5.74, 6) is 0.119. The van der Waals surface area contributed by atoms with Crippen LogP contribution in [0.1, 0.15) is 30.6 Å². The highest BCUT2D eigenvalue weighted by molar-refractivity contribution is 5.80. The van der Waals surface area contributed by atoms with Crippen molar-refractivity contribution in [1.29, 1.82) is 0 Å². The summed E-state index contributed by atoms with van der Waals surface area (Å²) in [5.41, 5.74) is 2.06. The molecule has 2 rings (SSSR count). The summed E-state index contributed by atoms with van der Waals surface area (Å²) in [5, 5.41) is 0. The number of carbonyl (C=O) groups is 1. The van der Waals surface area contributed by atoms with Gasteiger partial charge in [0.25, 0.3) is 0 Å². The summed E-state index contributed by atoms with van der Waals surface area (Å²) in [4.78, 5) is 18.7. The first-order valence-corrected chi connectivity index (χ1v) is 6.91. The topological polar surface area (TPSA) is 38.1 Å². The Balaban J connectivity index is 2.10. The van der Waals surface area contributed by atoms with Crippen molar-refractivity contribution in [3.8, 4) is 0 Å². The van der Waals surface area contributed by atoms with Crippen LogP contribution in [0.15, 0.2) is 42.9 Å². The molecule has 0 radical (unpaired) electrons. The van der Waals surface area contributed by atoms with E-state index in [1.54, 1.807) is 11.1 Å². The van der Waals surface area contributed by atoms with E-state index in [0.717, 1.165) is 17.7 Å². The maximum absolute atomic E-state index is 12.6. The minimum absolute atomic E-state index is 0.119. The Hall–Kier alpha value is -2.10. The van der Waals surface area contributed by atoms with Gasteiger partial charge in [0.2, 0.25) is 5.91 Å². The molecule has 2 heterocycles. The predicted molar refractivity (Wildman–Crippen MR) is 79.2 cm³/mol. The van der Waals surface area contributed by atoms with Crippen molar-refractivity contribution in [3.63, 3.8) is 0 Å². The summed E-state index contributed by atoms with van der Waals surface area (Å²) >= 11 is 0. The van der Waals surface area contributed by atoms with Crippen LogP contribution >= 0.6 is 0 Å². The van der Waals surface area contributed by atoms with Crippen LogP contribution in [0, 0.1) is 6.92 Å². The zero-order chi connectivity index (χ0) is 14.5. The lowest BCUT2D eigenvalue weighted by Gasteiger charge is -2.24. The average molecular weight is 271 g/mol. The molecule has 0 fully saturated rings. The molecule has 0 unspecified atom stereocenters. The number of nitrogens with zero attached hydrogens (tertiary/aromatic N) is 3. The zero-order valence-corrected chi connectivity index (χ0v) is 12.3. The van der Waals surface area contributed by atoms with Gasteiger partial charge >= 0.3 is 0 Å². The van der Waals surface area contributed by atoms with Crippen LogP contribution in [0.25, 0.3) is 0 Å². The highest BCUT2D eigenvalue weighted by Crippen LogP contribution is 2.16. The summed E-state index contributed by atoms with van der Waals surface area (Å²) < 4.78 is 1.96. The quantitative estimate of drug-likeness (QED) is 0.838. The van der Waals surface area contributed by atoms with Gasteiger partial charge < -0.3 is 9.47 Å². The molecule has 4 heteroatoms. The molecule has 0 aliphatic carbocycles. The fraction of sp³-hybridized carbons (Fsp3) is 0.375. The monoisotopic (exact) mass is 271 g/mol. The van der Waals surface area contributed by atoms with Crippen LogP contribution in [0.5, 0.6) is 0 Å². The van der Waals surface area contributed by atoms with E-state index in [2.05, 4.69) is 4.98 Å². The Morgan fingerprint density at radius 2 is 2.05 bits per heavy atom. The average Bonchev–Trinajstić information content (AvgIpc) is 2.96. The molecule has 4 nitrogen and oxygen atoms in total. The molecule has 0 spiro atoms. The molecule has 106 valence electrons. The van der Waals surface area contributed by atoms with Crippen molar-refractivity contribution in [2.45, 2.75) is 32.9 Å². The van der Waals surface area contributed by atoms with Gasteiger partial charge in [-0.3, -0.25) is 9.78 Å². The lowest BCUT2D eigenvalue weighted by atomic mass is 10.1. The van der Waals surface area contributed by atoms with Crippen LogP contribution < -0.4 is 0 Å². The van der Waals surface area contributed by atoms with Crippen molar-refractivity contribution >= 4 is 5.91 Å². The number of rotatable bonds is 5. The summed E-state index contributed by atoms with van der Waals surface area (Å²) in [6.45, 7) is 4.59. The molecular weight excluding hydrogens is 250 g/mol. The maximum atomic E-state index is 12.6. The molecule has 0 aliphatic rings. The molecule has 1 amide bonds. The zero-order valence-electron chi connectivity index (χ0n) is 12.3. The second kappa shape index (κ2) is 6.37. The molecule has 1 atom stereocenters. The van der Waals surface area contributed by atoms with E-state index in [0.29, 0.717) is 6.54 Å². The standard InChI is InChI=1S/C16H21N3O/c1-4-15(19-10-5-6-11-19)16(20)18(3)12-14-13(2)8-7-9-17-14/h5-11,15H,4,12H2,1-3H3/t15-/m1/s1. The third-order valence-corrected chi connectivity index (χ3v) is 3.54. The highest BCUT2D eigenvalue weighted by atomic mass is 16.2. The molecule has 0 aromatic carbocycles. The number of aromatic nitrogens is 2. The highest BCUT2D eigenvalue weighted by Gasteiger charge is 2.21. The summed E-state index contributed by atoms with van der Waals surface area (Å²) in [6, 6.07) is 7.68. The van der Waals surface area contributed by atoms with Gasteiger partial charge in [-0.1, -0.05) is 13.0 Å². The number of hydrogen-bond acceptors (Lipinski definition) is 2. The smallest absolute Gasteiger partial charge is 0.245 e. The van der Waals surface area contributed by atoms with Gasteiger partial charge in [0.1, 0.15) is 6.04 Å². The lowest BCUT2D eigenvalue weighted by Crippen LogP contribution is -2.33. The van der Waals surface area contributed by atoms with Gasteiger partial charge in [-0.2, -0.15) is 0 Å². The van der Waals surface area contributed by atoms with Gasteiger partial charge in [-0.05, 0) is 37.1 Å². The Bertz CT molecular complexity index is 563. The fourth-order valence-electron chi connectivity index (χ4n) is 2.31. The molecule has 2 aromatic heterocycles. The number of aryl methyl sites for hydroxylation is 1. The number of hydrogen-bond donors (Lipinski definition) is 0. The van der Waals surface area contributed by atoms with Gasteiger partial charge in [0.15, 0.2) is 0 Å². The van der Waals surface area contributed by atoms with Crippen LogP contribution in [0.3, 0.4) is 0 Å². The number of pyridine rings is 1. The molecule has 20 heavy (non-hydrogen) atoms. The van der Waals surface area contributed by atoms with E-state index in [9.17, 15) is 4.79 Å². The number of carbonyl (C=O) groups excluding carboxylic acids is 1. The first-order chi connectivity index (χ1) is 9.63. The first kappa shape index (κ1) is 14.3. The largest absolute Gasteiger partial charge is 0.342 e.